The molecule has 1 aromatic carbocycles. The highest BCUT2D eigenvalue weighted by Crippen LogP contribution is 2.40. The average molecular weight is 219 g/mol. The molecule has 5 heteroatoms. The summed E-state index contributed by atoms with van der Waals surface area (Å²) in [7, 11) is 0. The molecule has 3 N–H and O–H groups in total. The SMILES string of the molecule is NCCC(O)(c1ccccc1)C(F)(F)F. The Bertz CT molecular complexity index is 312. The minimum atomic E-state index is -4.71. The van der Waals surface area contributed by atoms with Crippen molar-refractivity contribution >= 4 is 0 Å². The molecule has 0 saturated carbocycles. The second-order valence-electron chi connectivity index (χ2n) is 3.26. The molecule has 0 bridgehead atoms. The smallest absolute Gasteiger partial charge is 0.376 e. The predicted octanol–water partition coefficient (Wildman–Crippen LogP) is 1.79. The molecule has 0 radical (unpaired) electrons. The van der Waals surface area contributed by atoms with E-state index in [0.717, 1.165) is 0 Å². The van der Waals surface area contributed by atoms with Crippen molar-refractivity contribution in [1.29, 1.82) is 0 Å². The molecule has 0 fully saturated rings. The average Bonchev–Trinajstić information content (AvgIpc) is 2.18. The first-order valence-corrected chi connectivity index (χ1v) is 4.46. The Morgan fingerprint density at radius 3 is 2.07 bits per heavy atom. The van der Waals surface area contributed by atoms with Crippen LogP contribution in [-0.4, -0.2) is 17.8 Å². The first kappa shape index (κ1) is 12.0. The van der Waals surface area contributed by atoms with Crippen LogP contribution in [0.15, 0.2) is 30.3 Å². The van der Waals surface area contributed by atoms with Crippen molar-refractivity contribution in [3.8, 4) is 0 Å². The summed E-state index contributed by atoms with van der Waals surface area (Å²) in [6, 6.07) is 6.96. The van der Waals surface area contributed by atoms with Crippen LogP contribution in [0.3, 0.4) is 0 Å². The molecule has 2 nitrogen and oxygen atoms in total. The van der Waals surface area contributed by atoms with E-state index in [9.17, 15) is 18.3 Å². The molecule has 0 spiro atoms. The fraction of sp³-hybridized carbons (Fsp3) is 0.400. The van der Waals surface area contributed by atoms with Crippen LogP contribution in [0.5, 0.6) is 0 Å². The summed E-state index contributed by atoms with van der Waals surface area (Å²) < 4.78 is 38.0. The predicted molar refractivity (Wildman–Crippen MR) is 50.1 cm³/mol. The summed E-state index contributed by atoms with van der Waals surface area (Å²) in [5.74, 6) is 0. The lowest BCUT2D eigenvalue weighted by Crippen LogP contribution is -2.43. The van der Waals surface area contributed by atoms with Crippen LogP contribution in [-0.2, 0) is 5.60 Å². The summed E-state index contributed by atoms with van der Waals surface area (Å²) in [5, 5.41) is 9.61. The van der Waals surface area contributed by atoms with Crippen molar-refractivity contribution in [2.24, 2.45) is 5.73 Å². The zero-order chi connectivity index (χ0) is 11.5. The lowest BCUT2D eigenvalue weighted by atomic mass is 9.90. The number of halogens is 3. The van der Waals surface area contributed by atoms with Gasteiger partial charge in [0.05, 0.1) is 0 Å². The second-order valence-corrected chi connectivity index (χ2v) is 3.26. The third-order valence-corrected chi connectivity index (χ3v) is 2.23. The van der Waals surface area contributed by atoms with Crippen LogP contribution in [0, 0.1) is 0 Å². The van der Waals surface area contributed by atoms with Crippen molar-refractivity contribution in [3.05, 3.63) is 35.9 Å². The molecule has 1 unspecified atom stereocenters. The monoisotopic (exact) mass is 219 g/mol. The van der Waals surface area contributed by atoms with Crippen LogP contribution in [0.25, 0.3) is 0 Å². The number of rotatable bonds is 3. The van der Waals surface area contributed by atoms with Gasteiger partial charge in [-0.3, -0.25) is 0 Å². The van der Waals surface area contributed by atoms with Gasteiger partial charge in [-0.25, -0.2) is 0 Å². The number of hydrogen-bond acceptors (Lipinski definition) is 2. The normalized spacial score (nSPS) is 16.1. The molecular weight excluding hydrogens is 207 g/mol. The van der Waals surface area contributed by atoms with Crippen LogP contribution >= 0.6 is 0 Å². The largest absolute Gasteiger partial charge is 0.421 e. The van der Waals surface area contributed by atoms with Crippen molar-refractivity contribution in [3.63, 3.8) is 0 Å². The Kier molecular flexibility index (Phi) is 3.36. The number of alkyl halides is 3. The highest BCUT2D eigenvalue weighted by Gasteiger charge is 2.54. The minimum Gasteiger partial charge on any atom is -0.376 e. The molecule has 0 aliphatic rings. The molecule has 1 atom stereocenters. The number of benzene rings is 1. The van der Waals surface area contributed by atoms with E-state index in [2.05, 4.69) is 0 Å². The van der Waals surface area contributed by atoms with Crippen LogP contribution in [0.2, 0.25) is 0 Å². The number of aliphatic hydroxyl groups is 1. The van der Waals surface area contributed by atoms with E-state index in [1.165, 1.54) is 24.3 Å². The molecular formula is C10H12F3NO. The standard InChI is InChI=1S/C10H12F3NO/c11-10(12,13)9(15,6-7-14)8-4-2-1-3-5-8/h1-5,15H,6-7,14H2. The topological polar surface area (TPSA) is 46.2 Å². The Balaban J connectivity index is 3.13. The zero-order valence-electron chi connectivity index (χ0n) is 7.96. The molecule has 1 aromatic rings. The Morgan fingerprint density at radius 2 is 1.67 bits per heavy atom. The third kappa shape index (κ3) is 2.30. The third-order valence-electron chi connectivity index (χ3n) is 2.23. The molecule has 15 heavy (non-hydrogen) atoms. The molecule has 0 saturated heterocycles. The van der Waals surface area contributed by atoms with Gasteiger partial charge in [-0.15, -0.1) is 0 Å². The second kappa shape index (κ2) is 4.20. The van der Waals surface area contributed by atoms with E-state index in [1.807, 2.05) is 0 Å². The van der Waals surface area contributed by atoms with Gasteiger partial charge >= 0.3 is 6.18 Å². The summed E-state index contributed by atoms with van der Waals surface area (Å²) in [5.41, 5.74) is 2.07. The minimum absolute atomic E-state index is 0.178. The number of hydrogen-bond donors (Lipinski definition) is 2. The summed E-state index contributed by atoms with van der Waals surface area (Å²) in [6.45, 7) is -0.231. The highest BCUT2D eigenvalue weighted by atomic mass is 19.4. The maximum absolute atomic E-state index is 12.7. The maximum atomic E-state index is 12.7. The first-order chi connectivity index (χ1) is 6.92. The molecule has 1 rings (SSSR count). The van der Waals surface area contributed by atoms with Gasteiger partial charge in [0.1, 0.15) is 0 Å². The van der Waals surface area contributed by atoms with Gasteiger partial charge in [0, 0.05) is 6.42 Å². The molecule has 0 aromatic heterocycles. The first-order valence-electron chi connectivity index (χ1n) is 4.46. The summed E-state index contributed by atoms with van der Waals surface area (Å²) in [4.78, 5) is 0. The summed E-state index contributed by atoms with van der Waals surface area (Å²) >= 11 is 0. The Labute approximate surface area is 85.5 Å². The van der Waals surface area contributed by atoms with Crippen LogP contribution in [0.1, 0.15) is 12.0 Å². The maximum Gasteiger partial charge on any atom is 0.421 e. The van der Waals surface area contributed by atoms with E-state index >= 15 is 0 Å². The van der Waals surface area contributed by atoms with E-state index in [0.29, 0.717) is 0 Å². The van der Waals surface area contributed by atoms with Crippen molar-refractivity contribution in [2.75, 3.05) is 6.54 Å². The summed E-state index contributed by atoms with van der Waals surface area (Å²) in [6.07, 6.45) is -5.26. The van der Waals surface area contributed by atoms with Crippen molar-refractivity contribution in [2.45, 2.75) is 18.2 Å². The van der Waals surface area contributed by atoms with Gasteiger partial charge in [-0.05, 0) is 12.1 Å². The Morgan fingerprint density at radius 1 is 1.13 bits per heavy atom. The van der Waals surface area contributed by atoms with Crippen LogP contribution in [0.4, 0.5) is 13.2 Å². The van der Waals surface area contributed by atoms with Gasteiger partial charge in [-0.1, -0.05) is 30.3 Å². The molecule has 0 aliphatic carbocycles. The Hall–Kier alpha value is -1.07. The van der Waals surface area contributed by atoms with Crippen LogP contribution < -0.4 is 5.73 Å². The quantitative estimate of drug-likeness (QED) is 0.814. The van der Waals surface area contributed by atoms with Gasteiger partial charge < -0.3 is 10.8 Å². The molecule has 0 amide bonds. The van der Waals surface area contributed by atoms with Gasteiger partial charge in [0.2, 0.25) is 0 Å². The highest BCUT2D eigenvalue weighted by molar-refractivity contribution is 5.24. The van der Waals surface area contributed by atoms with Gasteiger partial charge in [-0.2, -0.15) is 13.2 Å². The van der Waals surface area contributed by atoms with E-state index in [1.54, 1.807) is 6.07 Å². The number of nitrogens with two attached hydrogens (primary N) is 1. The van der Waals surface area contributed by atoms with Gasteiger partial charge in [0.25, 0.3) is 0 Å². The lowest BCUT2D eigenvalue weighted by molar-refractivity contribution is -0.268. The van der Waals surface area contributed by atoms with E-state index in [-0.39, 0.29) is 12.1 Å². The van der Waals surface area contributed by atoms with Gasteiger partial charge in [0.15, 0.2) is 5.60 Å². The van der Waals surface area contributed by atoms with E-state index in [4.69, 9.17) is 5.73 Å². The van der Waals surface area contributed by atoms with E-state index < -0.39 is 18.2 Å². The molecule has 0 heterocycles. The molecule has 84 valence electrons. The fourth-order valence-corrected chi connectivity index (χ4v) is 1.37. The van der Waals surface area contributed by atoms with Crippen molar-refractivity contribution in [1.82, 2.24) is 0 Å². The van der Waals surface area contributed by atoms with Crippen molar-refractivity contribution < 1.29 is 18.3 Å². The lowest BCUT2D eigenvalue weighted by Gasteiger charge is -2.30. The molecule has 0 aliphatic heterocycles. The fourth-order valence-electron chi connectivity index (χ4n) is 1.37. The zero-order valence-corrected chi connectivity index (χ0v) is 7.96.